The van der Waals surface area contributed by atoms with Gasteiger partial charge in [0.1, 0.15) is 0 Å². The van der Waals surface area contributed by atoms with Crippen LogP contribution in [0.5, 0.6) is 0 Å². The van der Waals surface area contributed by atoms with E-state index in [1.54, 1.807) is 0 Å². The normalized spacial score (nSPS) is 19.2. The first-order chi connectivity index (χ1) is 12.8. The van der Waals surface area contributed by atoms with Gasteiger partial charge in [-0.25, -0.2) is 9.37 Å². The molecule has 4 rings (SSSR count). The molecule has 2 saturated heterocycles. The quantitative estimate of drug-likeness (QED) is 0.901. The molecule has 0 saturated carbocycles. The summed E-state index contributed by atoms with van der Waals surface area (Å²) in [6, 6.07) is 0. The van der Waals surface area contributed by atoms with E-state index in [2.05, 4.69) is 32.0 Å². The molecule has 0 bridgehead atoms. The number of aryl methyl sites for hydroxylation is 1. The summed E-state index contributed by atoms with van der Waals surface area (Å²) in [5, 5.41) is 7.37. The maximum Gasteiger partial charge on any atom is 0.227 e. The molecule has 2 aliphatic rings. The molecule has 0 spiro atoms. The van der Waals surface area contributed by atoms with Crippen LogP contribution in [0.15, 0.2) is 12.4 Å². The van der Waals surface area contributed by atoms with E-state index in [1.807, 2.05) is 11.1 Å². The van der Waals surface area contributed by atoms with Crippen LogP contribution in [0, 0.1) is 5.82 Å². The molecule has 0 aliphatic carbocycles. The Labute approximate surface area is 152 Å². The number of hydrogen-bond acceptors (Lipinski definition) is 6. The lowest BCUT2D eigenvalue weighted by atomic mass is 9.91. The Bertz CT molecular complexity index is 737. The SMILES string of the molecule is CCc1cn[nH]c1C1CCN(c2ncc(F)c(N3CCOCC3)n2)CC1. The van der Waals surface area contributed by atoms with Gasteiger partial charge in [-0.1, -0.05) is 6.92 Å². The van der Waals surface area contributed by atoms with Gasteiger partial charge < -0.3 is 14.5 Å². The first-order valence-electron chi connectivity index (χ1n) is 9.38. The summed E-state index contributed by atoms with van der Waals surface area (Å²) < 4.78 is 19.6. The summed E-state index contributed by atoms with van der Waals surface area (Å²) in [6.07, 6.45) is 6.25. The highest BCUT2D eigenvalue weighted by molar-refractivity contribution is 5.45. The average Bonchev–Trinajstić information content (AvgIpc) is 3.18. The van der Waals surface area contributed by atoms with Gasteiger partial charge in [0.05, 0.1) is 25.6 Å². The Balaban J connectivity index is 1.46. The van der Waals surface area contributed by atoms with E-state index < -0.39 is 0 Å². The molecule has 26 heavy (non-hydrogen) atoms. The predicted molar refractivity (Wildman–Crippen MR) is 97.2 cm³/mol. The predicted octanol–water partition coefficient (Wildman–Crippen LogP) is 2.12. The second-order valence-corrected chi connectivity index (χ2v) is 6.86. The minimum atomic E-state index is -0.365. The third kappa shape index (κ3) is 3.38. The number of hydrogen-bond donors (Lipinski definition) is 1. The van der Waals surface area contributed by atoms with Crippen molar-refractivity contribution in [1.29, 1.82) is 0 Å². The smallest absolute Gasteiger partial charge is 0.227 e. The van der Waals surface area contributed by atoms with E-state index in [9.17, 15) is 4.39 Å². The van der Waals surface area contributed by atoms with Crippen molar-refractivity contribution >= 4 is 11.8 Å². The number of nitrogens with one attached hydrogen (secondary N) is 1. The monoisotopic (exact) mass is 360 g/mol. The van der Waals surface area contributed by atoms with Crippen molar-refractivity contribution in [3.63, 3.8) is 0 Å². The van der Waals surface area contributed by atoms with Crippen molar-refractivity contribution in [3.8, 4) is 0 Å². The molecule has 0 unspecified atom stereocenters. The maximum atomic E-state index is 14.2. The van der Waals surface area contributed by atoms with Crippen LogP contribution in [0.2, 0.25) is 0 Å². The summed E-state index contributed by atoms with van der Waals surface area (Å²) in [4.78, 5) is 12.9. The lowest BCUT2D eigenvalue weighted by Crippen LogP contribution is -2.38. The molecule has 4 heterocycles. The van der Waals surface area contributed by atoms with Crippen LogP contribution < -0.4 is 9.80 Å². The van der Waals surface area contributed by atoms with Crippen molar-refractivity contribution in [2.75, 3.05) is 49.2 Å². The molecule has 2 aromatic heterocycles. The van der Waals surface area contributed by atoms with Crippen LogP contribution in [0.4, 0.5) is 16.2 Å². The molecule has 0 atom stereocenters. The van der Waals surface area contributed by atoms with Crippen molar-refractivity contribution in [3.05, 3.63) is 29.5 Å². The summed E-state index contributed by atoms with van der Waals surface area (Å²) in [5.41, 5.74) is 2.57. The van der Waals surface area contributed by atoms with Crippen molar-refractivity contribution < 1.29 is 9.13 Å². The number of nitrogens with zero attached hydrogens (tertiary/aromatic N) is 5. The van der Waals surface area contributed by atoms with Crippen molar-refractivity contribution in [2.45, 2.75) is 32.1 Å². The number of piperidine rings is 1. The molecule has 2 aliphatic heterocycles. The van der Waals surface area contributed by atoms with Gasteiger partial charge in [-0.2, -0.15) is 10.1 Å². The van der Waals surface area contributed by atoms with Crippen LogP contribution in [0.1, 0.15) is 36.9 Å². The molecule has 0 amide bonds. The molecule has 8 heteroatoms. The molecule has 140 valence electrons. The Morgan fingerprint density at radius 1 is 1.15 bits per heavy atom. The molecule has 0 radical (unpaired) electrons. The summed E-state index contributed by atoms with van der Waals surface area (Å²) in [7, 11) is 0. The summed E-state index contributed by atoms with van der Waals surface area (Å²) in [6.45, 7) is 6.41. The van der Waals surface area contributed by atoms with E-state index in [-0.39, 0.29) is 5.82 Å². The largest absolute Gasteiger partial charge is 0.378 e. The van der Waals surface area contributed by atoms with Crippen LogP contribution in [-0.2, 0) is 11.2 Å². The summed E-state index contributed by atoms with van der Waals surface area (Å²) in [5.74, 6) is 1.13. The van der Waals surface area contributed by atoms with Crippen LogP contribution >= 0.6 is 0 Å². The zero-order valence-corrected chi connectivity index (χ0v) is 15.1. The van der Waals surface area contributed by atoms with E-state index >= 15 is 0 Å². The Morgan fingerprint density at radius 2 is 1.92 bits per heavy atom. The first kappa shape index (κ1) is 17.2. The van der Waals surface area contributed by atoms with Gasteiger partial charge in [0.15, 0.2) is 11.6 Å². The third-order valence-corrected chi connectivity index (χ3v) is 5.34. The molecule has 7 nitrogen and oxygen atoms in total. The number of ether oxygens (including phenoxy) is 1. The van der Waals surface area contributed by atoms with Gasteiger partial charge in [-0.15, -0.1) is 0 Å². The first-order valence-corrected chi connectivity index (χ1v) is 9.38. The van der Waals surface area contributed by atoms with Gasteiger partial charge in [-0.3, -0.25) is 5.10 Å². The fourth-order valence-corrected chi connectivity index (χ4v) is 3.82. The fraction of sp³-hybridized carbons (Fsp3) is 0.611. The lowest BCUT2D eigenvalue weighted by Gasteiger charge is -2.33. The highest BCUT2D eigenvalue weighted by Crippen LogP contribution is 2.31. The Hall–Kier alpha value is -2.22. The van der Waals surface area contributed by atoms with Crippen LogP contribution in [0.3, 0.4) is 0 Å². The number of aromatic nitrogens is 4. The lowest BCUT2D eigenvalue weighted by molar-refractivity contribution is 0.122. The van der Waals surface area contributed by atoms with Gasteiger partial charge in [0, 0.05) is 37.8 Å². The molecule has 0 aromatic carbocycles. The van der Waals surface area contributed by atoms with Gasteiger partial charge in [-0.05, 0) is 24.8 Å². The van der Waals surface area contributed by atoms with Gasteiger partial charge >= 0.3 is 0 Å². The highest BCUT2D eigenvalue weighted by atomic mass is 19.1. The fourth-order valence-electron chi connectivity index (χ4n) is 3.82. The van der Waals surface area contributed by atoms with Crippen molar-refractivity contribution in [1.82, 2.24) is 20.2 Å². The van der Waals surface area contributed by atoms with Gasteiger partial charge in [0.25, 0.3) is 0 Å². The minimum Gasteiger partial charge on any atom is -0.378 e. The zero-order chi connectivity index (χ0) is 17.9. The molecular weight excluding hydrogens is 335 g/mol. The third-order valence-electron chi connectivity index (χ3n) is 5.34. The number of morpholine rings is 1. The average molecular weight is 360 g/mol. The highest BCUT2D eigenvalue weighted by Gasteiger charge is 2.26. The molecule has 2 aromatic rings. The number of rotatable bonds is 4. The summed E-state index contributed by atoms with van der Waals surface area (Å²) >= 11 is 0. The molecular formula is C18H25FN6O. The second-order valence-electron chi connectivity index (χ2n) is 6.86. The second kappa shape index (κ2) is 7.57. The number of H-pyrrole nitrogens is 1. The number of halogens is 1. The van der Waals surface area contributed by atoms with E-state index in [4.69, 9.17) is 4.74 Å². The van der Waals surface area contributed by atoms with Crippen LogP contribution in [0.25, 0.3) is 0 Å². The van der Waals surface area contributed by atoms with Crippen LogP contribution in [-0.4, -0.2) is 59.6 Å². The minimum absolute atomic E-state index is 0.365. The molecule has 1 N–H and O–H groups in total. The zero-order valence-electron chi connectivity index (χ0n) is 15.1. The topological polar surface area (TPSA) is 70.2 Å². The number of anilines is 2. The van der Waals surface area contributed by atoms with Crippen molar-refractivity contribution in [2.24, 2.45) is 0 Å². The Kier molecular flexibility index (Phi) is 5.01. The van der Waals surface area contributed by atoms with E-state index in [1.165, 1.54) is 17.5 Å². The van der Waals surface area contributed by atoms with E-state index in [0.717, 1.165) is 32.4 Å². The Morgan fingerprint density at radius 3 is 2.65 bits per heavy atom. The maximum absolute atomic E-state index is 14.2. The van der Waals surface area contributed by atoms with E-state index in [0.29, 0.717) is 44.0 Å². The molecule has 2 fully saturated rings. The number of aromatic amines is 1. The van der Waals surface area contributed by atoms with Gasteiger partial charge in [0.2, 0.25) is 5.95 Å². The standard InChI is InChI=1S/C18H25FN6O/c1-2-13-11-21-23-16(13)14-3-5-25(6-4-14)18-20-12-15(19)17(22-18)24-7-9-26-10-8-24/h11-12,14H,2-10H2,1H3,(H,21,23).